The summed E-state index contributed by atoms with van der Waals surface area (Å²) in [6.07, 6.45) is 0. The Kier molecular flexibility index (Phi) is 4.16. The molecule has 2 aromatic rings. The summed E-state index contributed by atoms with van der Waals surface area (Å²) in [7, 11) is 0. The molecule has 6 nitrogen and oxygen atoms in total. The van der Waals surface area contributed by atoms with Crippen molar-refractivity contribution in [1.82, 2.24) is 20.2 Å². The van der Waals surface area contributed by atoms with Crippen molar-refractivity contribution >= 4 is 17.7 Å². The summed E-state index contributed by atoms with van der Waals surface area (Å²) < 4.78 is 1.29. The molecule has 1 aromatic heterocycles. The number of rotatable bonds is 5. The van der Waals surface area contributed by atoms with Crippen LogP contribution < -0.4 is 0 Å². The number of aromatic nitrogens is 4. The lowest BCUT2D eigenvalue weighted by atomic mass is 10.1. The van der Waals surface area contributed by atoms with Gasteiger partial charge in [0, 0.05) is 5.75 Å². The Bertz CT molecular complexity index is 597. The number of hydrogen-bond donors (Lipinski definition) is 1. The number of carboxylic acid groups (broad SMARTS) is 1. The molecule has 1 aromatic carbocycles. The predicted octanol–water partition coefficient (Wildman–Crippen LogP) is 1.67. The lowest BCUT2D eigenvalue weighted by Crippen LogP contribution is -2.11. The van der Waals surface area contributed by atoms with E-state index in [-0.39, 0.29) is 6.54 Å². The van der Waals surface area contributed by atoms with Crippen molar-refractivity contribution in [2.24, 2.45) is 0 Å². The van der Waals surface area contributed by atoms with Gasteiger partial charge in [-0.25, -0.2) is 4.68 Å². The van der Waals surface area contributed by atoms with Crippen LogP contribution >= 0.6 is 11.8 Å². The molecule has 7 heteroatoms. The number of aliphatic carboxylic acids is 1. The maximum absolute atomic E-state index is 10.6. The Labute approximate surface area is 114 Å². The zero-order chi connectivity index (χ0) is 13.8. The number of carbonyl (C=O) groups is 1. The summed E-state index contributed by atoms with van der Waals surface area (Å²) in [5, 5.41) is 20.2. The number of aryl methyl sites for hydroxylation is 2. The highest BCUT2D eigenvalue weighted by Gasteiger charge is 2.10. The normalized spacial score (nSPS) is 10.6. The Morgan fingerprint density at radius 1 is 1.37 bits per heavy atom. The molecule has 0 unspecified atom stereocenters. The van der Waals surface area contributed by atoms with Gasteiger partial charge in [-0.3, -0.25) is 4.79 Å². The van der Waals surface area contributed by atoms with Gasteiger partial charge in [0.05, 0.1) is 0 Å². The molecule has 0 aliphatic carbocycles. The van der Waals surface area contributed by atoms with Crippen LogP contribution in [0.1, 0.15) is 16.7 Å². The molecule has 1 N–H and O–H groups in total. The number of benzene rings is 1. The maximum atomic E-state index is 10.6. The van der Waals surface area contributed by atoms with Crippen LogP contribution in [0.2, 0.25) is 0 Å². The first-order valence-electron chi connectivity index (χ1n) is 5.73. The molecule has 0 bridgehead atoms. The van der Waals surface area contributed by atoms with E-state index in [2.05, 4.69) is 47.6 Å². The number of tetrazole rings is 1. The van der Waals surface area contributed by atoms with Gasteiger partial charge >= 0.3 is 5.97 Å². The molecular weight excluding hydrogens is 264 g/mol. The zero-order valence-electron chi connectivity index (χ0n) is 10.7. The molecular formula is C12H14N4O2S. The maximum Gasteiger partial charge on any atom is 0.325 e. The Balaban J connectivity index is 2.04. The minimum absolute atomic E-state index is 0.220. The minimum Gasteiger partial charge on any atom is -0.480 e. The molecule has 0 saturated carbocycles. The largest absolute Gasteiger partial charge is 0.480 e. The highest BCUT2D eigenvalue weighted by Crippen LogP contribution is 2.21. The highest BCUT2D eigenvalue weighted by molar-refractivity contribution is 7.98. The van der Waals surface area contributed by atoms with Crippen LogP contribution in [0.5, 0.6) is 0 Å². The van der Waals surface area contributed by atoms with E-state index in [1.54, 1.807) is 0 Å². The Morgan fingerprint density at radius 2 is 2.16 bits per heavy atom. The van der Waals surface area contributed by atoms with Gasteiger partial charge < -0.3 is 5.11 Å². The van der Waals surface area contributed by atoms with Crippen LogP contribution in [-0.2, 0) is 17.1 Å². The average Bonchev–Trinajstić information content (AvgIpc) is 2.77. The van der Waals surface area contributed by atoms with Crippen LogP contribution in [-0.4, -0.2) is 31.3 Å². The van der Waals surface area contributed by atoms with Gasteiger partial charge in [-0.05, 0) is 41.0 Å². The first-order valence-corrected chi connectivity index (χ1v) is 6.71. The molecule has 0 radical (unpaired) electrons. The fraction of sp³-hybridized carbons (Fsp3) is 0.333. The topological polar surface area (TPSA) is 80.9 Å². The second kappa shape index (κ2) is 5.83. The lowest BCUT2D eigenvalue weighted by molar-refractivity contribution is -0.138. The SMILES string of the molecule is Cc1ccc(CSc2nnnn2CC(=O)O)cc1C. The number of hydrogen-bond acceptors (Lipinski definition) is 5. The number of nitrogens with zero attached hydrogens (tertiary/aromatic N) is 4. The third-order valence-electron chi connectivity index (χ3n) is 2.72. The van der Waals surface area contributed by atoms with Crippen LogP contribution in [0.3, 0.4) is 0 Å². The van der Waals surface area contributed by atoms with Crippen LogP contribution in [0, 0.1) is 13.8 Å². The monoisotopic (exact) mass is 278 g/mol. The molecule has 100 valence electrons. The van der Waals surface area contributed by atoms with E-state index in [1.807, 2.05) is 0 Å². The fourth-order valence-corrected chi connectivity index (χ4v) is 2.39. The van der Waals surface area contributed by atoms with Crippen molar-refractivity contribution in [3.05, 3.63) is 34.9 Å². The molecule has 0 amide bonds. The van der Waals surface area contributed by atoms with Crippen LogP contribution in [0.15, 0.2) is 23.4 Å². The third kappa shape index (κ3) is 3.54. The average molecular weight is 278 g/mol. The van der Waals surface area contributed by atoms with Crippen molar-refractivity contribution in [2.45, 2.75) is 31.3 Å². The van der Waals surface area contributed by atoms with Gasteiger partial charge in [0.1, 0.15) is 6.54 Å². The molecule has 0 saturated heterocycles. The summed E-state index contributed by atoms with van der Waals surface area (Å²) in [5.41, 5.74) is 3.66. The predicted molar refractivity (Wildman–Crippen MR) is 70.9 cm³/mol. The summed E-state index contributed by atoms with van der Waals surface area (Å²) in [6, 6.07) is 6.25. The van der Waals surface area contributed by atoms with Crippen molar-refractivity contribution in [1.29, 1.82) is 0 Å². The van der Waals surface area contributed by atoms with Gasteiger partial charge in [0.15, 0.2) is 0 Å². The third-order valence-corrected chi connectivity index (χ3v) is 3.75. The van der Waals surface area contributed by atoms with E-state index in [1.165, 1.54) is 27.6 Å². The summed E-state index contributed by atoms with van der Waals surface area (Å²) in [5.74, 6) is -0.249. The summed E-state index contributed by atoms with van der Waals surface area (Å²) in [4.78, 5) is 10.6. The first kappa shape index (κ1) is 13.5. The van der Waals surface area contributed by atoms with Crippen molar-refractivity contribution in [3.8, 4) is 0 Å². The van der Waals surface area contributed by atoms with Crippen molar-refractivity contribution in [3.63, 3.8) is 0 Å². The quantitative estimate of drug-likeness (QED) is 0.838. The van der Waals surface area contributed by atoms with E-state index in [0.717, 1.165) is 5.56 Å². The molecule has 1 heterocycles. The van der Waals surface area contributed by atoms with Gasteiger partial charge in [-0.2, -0.15) is 0 Å². The summed E-state index contributed by atoms with van der Waals surface area (Å²) >= 11 is 1.43. The summed E-state index contributed by atoms with van der Waals surface area (Å²) in [6.45, 7) is 3.92. The van der Waals surface area contributed by atoms with Crippen LogP contribution in [0.25, 0.3) is 0 Å². The van der Waals surface area contributed by atoms with Gasteiger partial charge in [0.25, 0.3) is 0 Å². The standard InChI is InChI=1S/C12H14N4O2S/c1-8-3-4-10(5-9(8)2)7-19-12-13-14-15-16(12)6-11(17)18/h3-5H,6-7H2,1-2H3,(H,17,18). The van der Waals surface area contributed by atoms with E-state index in [4.69, 9.17) is 5.11 Å². The van der Waals surface area contributed by atoms with E-state index in [9.17, 15) is 4.79 Å². The molecule has 0 atom stereocenters. The molecule has 0 fully saturated rings. The second-order valence-corrected chi connectivity index (χ2v) is 5.16. The molecule has 0 spiro atoms. The van der Waals surface area contributed by atoms with Gasteiger partial charge in [-0.1, -0.05) is 30.0 Å². The fourth-order valence-electron chi connectivity index (χ4n) is 1.57. The molecule has 19 heavy (non-hydrogen) atoms. The lowest BCUT2D eigenvalue weighted by Gasteiger charge is -2.05. The Morgan fingerprint density at radius 3 is 2.84 bits per heavy atom. The van der Waals surface area contributed by atoms with Gasteiger partial charge in [0.2, 0.25) is 5.16 Å². The van der Waals surface area contributed by atoms with Crippen molar-refractivity contribution in [2.75, 3.05) is 0 Å². The number of carboxylic acids is 1. The zero-order valence-corrected chi connectivity index (χ0v) is 11.5. The molecule has 2 rings (SSSR count). The second-order valence-electron chi connectivity index (χ2n) is 4.22. The number of thioether (sulfide) groups is 1. The Hall–Kier alpha value is -1.89. The highest BCUT2D eigenvalue weighted by atomic mass is 32.2. The van der Waals surface area contributed by atoms with Gasteiger partial charge in [-0.15, -0.1) is 5.10 Å². The van der Waals surface area contributed by atoms with Crippen LogP contribution in [0.4, 0.5) is 0 Å². The van der Waals surface area contributed by atoms with Crippen molar-refractivity contribution < 1.29 is 9.90 Å². The molecule has 0 aliphatic heterocycles. The van der Waals surface area contributed by atoms with E-state index >= 15 is 0 Å². The minimum atomic E-state index is -0.958. The van der Waals surface area contributed by atoms with E-state index < -0.39 is 5.97 Å². The first-order chi connectivity index (χ1) is 9.06. The molecule has 0 aliphatic rings. The van der Waals surface area contributed by atoms with E-state index in [0.29, 0.717) is 10.9 Å². The smallest absolute Gasteiger partial charge is 0.325 e.